The smallest absolute Gasteiger partial charge is 0.428 e. The van der Waals surface area contributed by atoms with E-state index >= 15 is 0 Å². The SMILES string of the molecule is CCCCC[C@@H](N)c1cccc(OC(F)(F)C(F)F)c1.Cl. The summed E-state index contributed by atoms with van der Waals surface area (Å²) < 4.78 is 53.8. The maximum Gasteiger partial charge on any atom is 0.461 e. The Kier molecular flexibility index (Phi) is 8.66. The van der Waals surface area contributed by atoms with Crippen molar-refractivity contribution in [2.75, 3.05) is 0 Å². The van der Waals surface area contributed by atoms with Crippen LogP contribution in [0.5, 0.6) is 5.75 Å². The van der Waals surface area contributed by atoms with Crippen molar-refractivity contribution in [3.05, 3.63) is 29.8 Å². The maximum atomic E-state index is 12.8. The van der Waals surface area contributed by atoms with E-state index in [1.165, 1.54) is 18.2 Å². The second-order valence-corrected chi connectivity index (χ2v) is 4.64. The number of ether oxygens (including phenoxy) is 1. The monoisotopic (exact) mass is 329 g/mol. The number of nitrogens with two attached hydrogens (primary N) is 1. The van der Waals surface area contributed by atoms with Gasteiger partial charge in [0.15, 0.2) is 0 Å². The Labute approximate surface area is 128 Å². The Hall–Kier alpha value is -1.01. The van der Waals surface area contributed by atoms with Gasteiger partial charge in [0.2, 0.25) is 0 Å². The van der Waals surface area contributed by atoms with Gasteiger partial charge in [-0.15, -0.1) is 12.4 Å². The molecule has 0 fully saturated rings. The standard InChI is InChI=1S/C14H19F4NO.ClH/c1-2-3-4-8-12(19)10-6-5-7-11(9-10)20-14(17,18)13(15)16;/h5-7,9,12-13H,2-4,8,19H2,1H3;1H/t12-;/m1./s1. The Bertz CT molecular complexity index is 418. The second kappa shape index (κ2) is 9.10. The Morgan fingerprint density at radius 1 is 1.24 bits per heavy atom. The van der Waals surface area contributed by atoms with Crippen molar-refractivity contribution in [2.45, 2.75) is 51.2 Å². The topological polar surface area (TPSA) is 35.2 Å². The minimum Gasteiger partial charge on any atom is -0.428 e. The van der Waals surface area contributed by atoms with E-state index in [9.17, 15) is 17.6 Å². The van der Waals surface area contributed by atoms with Crippen LogP contribution in [0.2, 0.25) is 0 Å². The normalized spacial score (nSPS) is 12.9. The van der Waals surface area contributed by atoms with Crippen molar-refractivity contribution < 1.29 is 22.3 Å². The van der Waals surface area contributed by atoms with E-state index in [-0.39, 0.29) is 24.2 Å². The lowest BCUT2D eigenvalue weighted by atomic mass is 10.0. The molecule has 0 bridgehead atoms. The predicted octanol–water partition coefficient (Wildman–Crippen LogP) is 4.93. The fourth-order valence-electron chi connectivity index (χ4n) is 1.79. The molecule has 1 aromatic carbocycles. The number of hydrogen-bond acceptors (Lipinski definition) is 2. The van der Waals surface area contributed by atoms with Crippen molar-refractivity contribution >= 4 is 12.4 Å². The fraction of sp³-hybridized carbons (Fsp3) is 0.571. The number of alkyl halides is 4. The first-order valence-electron chi connectivity index (χ1n) is 6.57. The van der Waals surface area contributed by atoms with Crippen LogP contribution >= 0.6 is 12.4 Å². The van der Waals surface area contributed by atoms with Gasteiger partial charge in [-0.1, -0.05) is 38.3 Å². The Balaban J connectivity index is 0.00000400. The molecule has 0 aliphatic carbocycles. The van der Waals surface area contributed by atoms with Gasteiger partial charge < -0.3 is 10.5 Å². The third-order valence-corrected chi connectivity index (χ3v) is 2.91. The zero-order valence-corrected chi connectivity index (χ0v) is 12.5. The van der Waals surface area contributed by atoms with Crippen LogP contribution < -0.4 is 10.5 Å². The largest absolute Gasteiger partial charge is 0.461 e. The van der Waals surface area contributed by atoms with Gasteiger partial charge in [-0.05, 0) is 24.1 Å². The van der Waals surface area contributed by atoms with Gasteiger partial charge in [0.25, 0.3) is 0 Å². The van der Waals surface area contributed by atoms with Crippen molar-refractivity contribution in [2.24, 2.45) is 5.73 Å². The van der Waals surface area contributed by atoms with Crippen LogP contribution in [0.15, 0.2) is 24.3 Å². The third-order valence-electron chi connectivity index (χ3n) is 2.91. The van der Waals surface area contributed by atoms with Crippen molar-refractivity contribution in [3.63, 3.8) is 0 Å². The molecule has 0 radical (unpaired) electrons. The highest BCUT2D eigenvalue weighted by Gasteiger charge is 2.43. The zero-order valence-electron chi connectivity index (χ0n) is 11.7. The predicted molar refractivity (Wildman–Crippen MR) is 76.3 cm³/mol. The molecule has 0 heterocycles. The molecule has 122 valence electrons. The molecule has 0 saturated carbocycles. The molecule has 1 atom stereocenters. The van der Waals surface area contributed by atoms with Gasteiger partial charge in [0, 0.05) is 6.04 Å². The van der Waals surface area contributed by atoms with Gasteiger partial charge >= 0.3 is 12.5 Å². The van der Waals surface area contributed by atoms with Crippen LogP contribution in [-0.4, -0.2) is 12.5 Å². The van der Waals surface area contributed by atoms with E-state index < -0.39 is 12.5 Å². The first-order valence-corrected chi connectivity index (χ1v) is 6.57. The van der Waals surface area contributed by atoms with Gasteiger partial charge in [0.05, 0.1) is 0 Å². The lowest BCUT2D eigenvalue weighted by molar-refractivity contribution is -0.253. The fourth-order valence-corrected chi connectivity index (χ4v) is 1.79. The first kappa shape index (κ1) is 20.0. The summed E-state index contributed by atoms with van der Waals surface area (Å²) in [5, 5.41) is 0. The lowest BCUT2D eigenvalue weighted by Crippen LogP contribution is -2.33. The molecule has 21 heavy (non-hydrogen) atoms. The molecule has 0 aromatic heterocycles. The Morgan fingerprint density at radius 3 is 2.48 bits per heavy atom. The van der Waals surface area contributed by atoms with Gasteiger partial charge in [-0.25, -0.2) is 0 Å². The van der Waals surface area contributed by atoms with Crippen molar-refractivity contribution in [1.82, 2.24) is 0 Å². The summed E-state index contributed by atoms with van der Waals surface area (Å²) in [5.41, 5.74) is 6.54. The molecule has 2 N–H and O–H groups in total. The maximum absolute atomic E-state index is 12.8. The number of benzene rings is 1. The van der Waals surface area contributed by atoms with Gasteiger partial charge in [0.1, 0.15) is 5.75 Å². The second-order valence-electron chi connectivity index (χ2n) is 4.64. The molecule has 0 spiro atoms. The van der Waals surface area contributed by atoms with Crippen LogP contribution in [0.1, 0.15) is 44.2 Å². The minimum atomic E-state index is -4.50. The van der Waals surface area contributed by atoms with E-state index in [0.717, 1.165) is 19.3 Å². The molecular weight excluding hydrogens is 310 g/mol. The Morgan fingerprint density at radius 2 is 1.90 bits per heavy atom. The summed E-state index contributed by atoms with van der Waals surface area (Å²) >= 11 is 0. The molecule has 0 aliphatic heterocycles. The molecule has 0 unspecified atom stereocenters. The lowest BCUT2D eigenvalue weighted by Gasteiger charge is -2.18. The summed E-state index contributed by atoms with van der Waals surface area (Å²) in [6.45, 7) is 2.06. The summed E-state index contributed by atoms with van der Waals surface area (Å²) in [7, 11) is 0. The molecule has 0 aliphatic rings. The van der Waals surface area contributed by atoms with Gasteiger partial charge in [-0.3, -0.25) is 0 Å². The quantitative estimate of drug-likeness (QED) is 0.542. The van der Waals surface area contributed by atoms with Crippen LogP contribution in [0.4, 0.5) is 17.6 Å². The average molecular weight is 330 g/mol. The number of rotatable bonds is 8. The van der Waals surface area contributed by atoms with Crippen molar-refractivity contribution in [1.29, 1.82) is 0 Å². The summed E-state index contributed by atoms with van der Waals surface area (Å²) in [5.74, 6) is -0.307. The van der Waals surface area contributed by atoms with Crippen molar-refractivity contribution in [3.8, 4) is 5.75 Å². The highest BCUT2D eigenvalue weighted by molar-refractivity contribution is 5.85. The van der Waals surface area contributed by atoms with Crippen LogP contribution in [0.3, 0.4) is 0 Å². The third kappa shape index (κ3) is 6.52. The van der Waals surface area contributed by atoms with E-state index in [1.54, 1.807) is 6.07 Å². The average Bonchev–Trinajstić information content (AvgIpc) is 2.38. The molecule has 0 amide bonds. The molecule has 2 nitrogen and oxygen atoms in total. The van der Waals surface area contributed by atoms with E-state index in [1.807, 2.05) is 0 Å². The summed E-state index contributed by atoms with van der Waals surface area (Å²) in [6, 6.07) is 5.31. The highest BCUT2D eigenvalue weighted by atomic mass is 35.5. The highest BCUT2D eigenvalue weighted by Crippen LogP contribution is 2.29. The first-order chi connectivity index (χ1) is 9.36. The number of hydrogen-bond donors (Lipinski definition) is 1. The molecular formula is C14H20ClF4NO. The molecule has 1 rings (SSSR count). The number of halogens is 5. The van der Waals surface area contributed by atoms with Gasteiger partial charge in [-0.2, -0.15) is 17.6 Å². The summed E-state index contributed by atoms with van der Waals surface area (Å²) in [6.07, 6.45) is -4.64. The van der Waals surface area contributed by atoms with E-state index in [4.69, 9.17) is 5.73 Å². The number of unbranched alkanes of at least 4 members (excludes halogenated alkanes) is 2. The minimum absolute atomic E-state index is 0. The molecule has 7 heteroatoms. The van der Waals surface area contributed by atoms with Crippen LogP contribution in [-0.2, 0) is 0 Å². The molecule has 1 aromatic rings. The zero-order chi connectivity index (χ0) is 15.2. The van der Waals surface area contributed by atoms with Crippen LogP contribution in [0, 0.1) is 0 Å². The van der Waals surface area contributed by atoms with E-state index in [0.29, 0.717) is 12.0 Å². The molecule has 0 saturated heterocycles. The summed E-state index contributed by atoms with van der Waals surface area (Å²) in [4.78, 5) is 0. The van der Waals surface area contributed by atoms with Crippen LogP contribution in [0.25, 0.3) is 0 Å². The van der Waals surface area contributed by atoms with E-state index in [2.05, 4.69) is 11.7 Å².